The number of carbonyl (C=O) groups is 3. The maximum atomic E-state index is 14.7. The lowest BCUT2D eigenvalue weighted by Crippen LogP contribution is -2.35. The SMILES string of the molecule is CC[C@@H](C(=O)O)c1ccc2cc1CN(C)C(=O)[C@H](Nc1ccc3c(N)ncc(F)c3c1)c1ccc(c(C)c1)[C@@H](C)COC(=O)N2. The summed E-state index contributed by atoms with van der Waals surface area (Å²) in [6.07, 6.45) is 0.764. The number of rotatable bonds is 5. The third kappa shape index (κ3) is 6.52. The van der Waals surface area contributed by atoms with Crippen LogP contribution in [0.2, 0.25) is 0 Å². The Bertz CT molecular complexity index is 1790. The number of fused-ring (bicyclic) bond motifs is 10. The minimum atomic E-state index is -0.988. The monoisotopic (exact) mass is 613 g/mol. The van der Waals surface area contributed by atoms with Crippen LogP contribution in [0.5, 0.6) is 0 Å². The van der Waals surface area contributed by atoms with Crippen molar-refractivity contribution in [1.29, 1.82) is 0 Å². The number of hydrogen-bond donors (Lipinski definition) is 4. The van der Waals surface area contributed by atoms with Gasteiger partial charge in [0.15, 0.2) is 0 Å². The van der Waals surface area contributed by atoms with Crippen LogP contribution in [0.15, 0.2) is 60.8 Å². The molecule has 2 amide bonds. The number of anilines is 3. The number of carboxylic acid groups (broad SMARTS) is 1. The molecule has 10 nitrogen and oxygen atoms in total. The smallest absolute Gasteiger partial charge is 0.411 e. The number of nitrogens with one attached hydrogen (secondary N) is 2. The number of amides is 2. The lowest BCUT2D eigenvalue weighted by molar-refractivity contribution is -0.138. The highest BCUT2D eigenvalue weighted by Crippen LogP contribution is 2.32. The van der Waals surface area contributed by atoms with E-state index in [1.165, 1.54) is 4.90 Å². The van der Waals surface area contributed by atoms with Gasteiger partial charge < -0.3 is 25.8 Å². The van der Waals surface area contributed by atoms with Crippen molar-refractivity contribution in [2.75, 3.05) is 30.0 Å². The Morgan fingerprint density at radius 2 is 1.96 bits per heavy atom. The molecule has 0 fully saturated rings. The minimum Gasteiger partial charge on any atom is -0.481 e. The first-order valence-electron chi connectivity index (χ1n) is 14.7. The number of nitrogens with two attached hydrogens (primary N) is 1. The van der Waals surface area contributed by atoms with Gasteiger partial charge in [-0.15, -0.1) is 0 Å². The normalized spacial score (nSPS) is 17.9. The molecule has 4 bridgehead atoms. The number of nitrogen functional groups attached to an aromatic ring is 1. The van der Waals surface area contributed by atoms with Crippen LogP contribution in [0.4, 0.5) is 26.4 Å². The van der Waals surface area contributed by atoms with Crippen LogP contribution in [0.25, 0.3) is 10.8 Å². The maximum Gasteiger partial charge on any atom is 0.411 e. The summed E-state index contributed by atoms with van der Waals surface area (Å²) >= 11 is 0. The number of ether oxygens (including phenoxy) is 1. The highest BCUT2D eigenvalue weighted by Gasteiger charge is 2.28. The zero-order valence-electron chi connectivity index (χ0n) is 25.6. The Hall–Kier alpha value is -5.19. The Balaban J connectivity index is 1.60. The Morgan fingerprint density at radius 3 is 2.67 bits per heavy atom. The van der Waals surface area contributed by atoms with Gasteiger partial charge in [-0.3, -0.25) is 14.9 Å². The standard InChI is InChI=1S/C34H36FN5O5/c1-5-24(33(42)43)26-10-7-22-13-21(26)16-40(4)32(41)30(38-23-8-11-27-28(14-23)29(35)15-37-31(27)36)20-6-9-25(18(2)12-20)19(3)17-45-34(44)39-22/h6-15,19,24,30,38H,5,16-17H2,1-4H3,(H2,36,37)(H,39,44)(H,42,43)/t19-,24+,30+/m0/s1. The minimum absolute atomic E-state index is 0.0589. The highest BCUT2D eigenvalue weighted by atomic mass is 19.1. The zero-order chi connectivity index (χ0) is 32.4. The number of halogens is 1. The quantitative estimate of drug-likeness (QED) is 0.205. The van der Waals surface area contributed by atoms with E-state index >= 15 is 0 Å². The van der Waals surface area contributed by atoms with E-state index in [1.807, 2.05) is 32.0 Å². The number of aliphatic carboxylic acids is 1. The first-order chi connectivity index (χ1) is 21.5. The first-order valence-corrected chi connectivity index (χ1v) is 14.7. The van der Waals surface area contributed by atoms with E-state index in [2.05, 4.69) is 15.6 Å². The molecule has 0 saturated heterocycles. The third-order valence-corrected chi connectivity index (χ3v) is 8.31. The van der Waals surface area contributed by atoms with Gasteiger partial charge in [0.05, 0.1) is 18.7 Å². The number of pyridine rings is 1. The van der Waals surface area contributed by atoms with Crippen molar-refractivity contribution >= 4 is 45.9 Å². The lowest BCUT2D eigenvalue weighted by atomic mass is 9.91. The molecule has 6 rings (SSSR count). The molecule has 11 heteroatoms. The van der Waals surface area contributed by atoms with E-state index < -0.39 is 29.8 Å². The first kappa shape index (κ1) is 31.2. The molecule has 3 aromatic carbocycles. The van der Waals surface area contributed by atoms with Crippen molar-refractivity contribution < 1.29 is 28.6 Å². The number of aryl methyl sites for hydroxylation is 1. The molecule has 0 radical (unpaired) electrons. The average Bonchev–Trinajstić information content (AvgIpc) is 3.01. The Labute approximate surface area is 260 Å². The van der Waals surface area contributed by atoms with Crippen LogP contribution in [0.1, 0.15) is 66.0 Å². The van der Waals surface area contributed by atoms with Gasteiger partial charge in [0.25, 0.3) is 0 Å². The lowest BCUT2D eigenvalue weighted by Gasteiger charge is -2.28. The van der Waals surface area contributed by atoms with Crippen molar-refractivity contribution in [3.8, 4) is 0 Å². The zero-order valence-corrected chi connectivity index (χ0v) is 25.6. The number of benzene rings is 3. The summed E-state index contributed by atoms with van der Waals surface area (Å²) in [6, 6.07) is 14.7. The van der Waals surface area contributed by atoms with Gasteiger partial charge in [-0.05, 0) is 71.5 Å². The van der Waals surface area contributed by atoms with E-state index in [9.17, 15) is 23.9 Å². The third-order valence-electron chi connectivity index (χ3n) is 8.31. The van der Waals surface area contributed by atoms with Crippen molar-refractivity contribution in [2.45, 2.75) is 51.6 Å². The summed E-state index contributed by atoms with van der Waals surface area (Å²) in [5.74, 6) is -2.58. The van der Waals surface area contributed by atoms with Gasteiger partial charge in [0, 0.05) is 41.7 Å². The molecule has 0 saturated carbocycles. The average molecular weight is 614 g/mol. The molecular weight excluding hydrogens is 577 g/mol. The predicted octanol–water partition coefficient (Wildman–Crippen LogP) is 6.32. The van der Waals surface area contributed by atoms with Gasteiger partial charge in [-0.25, -0.2) is 14.2 Å². The maximum absolute atomic E-state index is 14.7. The summed E-state index contributed by atoms with van der Waals surface area (Å²) in [7, 11) is 1.63. The van der Waals surface area contributed by atoms with Crippen LogP contribution >= 0.6 is 0 Å². The number of aromatic nitrogens is 1. The van der Waals surface area contributed by atoms with Crippen molar-refractivity contribution in [3.63, 3.8) is 0 Å². The van der Waals surface area contributed by atoms with Gasteiger partial charge in [0.1, 0.15) is 17.7 Å². The number of carboxylic acids is 1. The summed E-state index contributed by atoms with van der Waals surface area (Å²) in [4.78, 5) is 44.5. The second-order valence-corrected chi connectivity index (χ2v) is 11.5. The van der Waals surface area contributed by atoms with Crippen molar-refractivity contribution in [2.24, 2.45) is 0 Å². The molecule has 3 heterocycles. The van der Waals surface area contributed by atoms with Crippen molar-refractivity contribution in [1.82, 2.24) is 9.88 Å². The van der Waals surface area contributed by atoms with Gasteiger partial charge in [-0.1, -0.05) is 38.1 Å². The van der Waals surface area contributed by atoms with Crippen LogP contribution in [0.3, 0.4) is 0 Å². The molecule has 2 aliphatic rings. The molecular formula is C34H36FN5O5. The fourth-order valence-electron chi connectivity index (χ4n) is 5.89. The van der Waals surface area contributed by atoms with Crippen LogP contribution in [-0.2, 0) is 20.9 Å². The Kier molecular flexibility index (Phi) is 8.89. The molecule has 5 N–H and O–H groups in total. The predicted molar refractivity (Wildman–Crippen MR) is 171 cm³/mol. The highest BCUT2D eigenvalue weighted by molar-refractivity contribution is 5.94. The topological polar surface area (TPSA) is 147 Å². The van der Waals surface area contributed by atoms with E-state index in [4.69, 9.17) is 10.5 Å². The molecule has 0 spiro atoms. The van der Waals surface area contributed by atoms with Gasteiger partial charge >= 0.3 is 12.1 Å². The molecule has 1 aromatic heterocycles. The fraction of sp³-hybridized carbons (Fsp3) is 0.294. The van der Waals surface area contributed by atoms with Crippen molar-refractivity contribution in [3.05, 3.63) is 94.4 Å². The van der Waals surface area contributed by atoms with Crippen LogP contribution in [0, 0.1) is 12.7 Å². The van der Waals surface area contributed by atoms with Crippen LogP contribution < -0.4 is 16.4 Å². The summed E-state index contributed by atoms with van der Waals surface area (Å²) in [5.41, 5.74) is 10.5. The van der Waals surface area contributed by atoms with E-state index in [-0.39, 0.29) is 36.2 Å². The summed E-state index contributed by atoms with van der Waals surface area (Å²) in [5, 5.41) is 16.7. The fourth-order valence-corrected chi connectivity index (χ4v) is 5.89. The van der Waals surface area contributed by atoms with Gasteiger partial charge in [-0.2, -0.15) is 0 Å². The summed E-state index contributed by atoms with van der Waals surface area (Å²) < 4.78 is 20.2. The summed E-state index contributed by atoms with van der Waals surface area (Å²) in [6.45, 7) is 5.84. The number of nitrogens with zero attached hydrogens (tertiary/aromatic N) is 2. The number of likely N-dealkylation sites (N-methyl/N-ethyl adjacent to an activating group) is 1. The number of hydrogen-bond acceptors (Lipinski definition) is 7. The molecule has 234 valence electrons. The van der Waals surface area contributed by atoms with E-state index in [0.717, 1.165) is 17.3 Å². The second kappa shape index (κ2) is 12.8. The van der Waals surface area contributed by atoms with Crippen LogP contribution in [-0.4, -0.2) is 46.6 Å². The Morgan fingerprint density at radius 1 is 1.18 bits per heavy atom. The van der Waals surface area contributed by atoms with E-state index in [1.54, 1.807) is 50.4 Å². The molecule has 2 aliphatic heterocycles. The molecule has 0 unspecified atom stereocenters. The molecule has 3 atom stereocenters. The number of carbonyl (C=O) groups excluding carboxylic acids is 2. The molecule has 0 aliphatic carbocycles. The van der Waals surface area contributed by atoms with Gasteiger partial charge in [0.2, 0.25) is 5.91 Å². The second-order valence-electron chi connectivity index (χ2n) is 11.5. The largest absolute Gasteiger partial charge is 0.481 e. The molecule has 45 heavy (non-hydrogen) atoms. The van der Waals surface area contributed by atoms with E-state index in [0.29, 0.717) is 39.9 Å². The molecule has 4 aromatic rings.